The third-order valence-corrected chi connectivity index (χ3v) is 6.90. The molecule has 0 saturated heterocycles. The van der Waals surface area contributed by atoms with Gasteiger partial charge >= 0.3 is 0 Å². The van der Waals surface area contributed by atoms with Gasteiger partial charge in [-0.3, -0.25) is 4.79 Å². The Bertz CT molecular complexity index is 1170. The highest BCUT2D eigenvalue weighted by molar-refractivity contribution is 7.89. The molecule has 1 N–H and O–H groups in total. The lowest BCUT2D eigenvalue weighted by Crippen LogP contribution is -2.27. The van der Waals surface area contributed by atoms with Gasteiger partial charge in [0.1, 0.15) is 5.75 Å². The van der Waals surface area contributed by atoms with Gasteiger partial charge < -0.3 is 10.1 Å². The molecule has 3 rings (SSSR count). The van der Waals surface area contributed by atoms with Crippen molar-refractivity contribution in [2.45, 2.75) is 24.9 Å². The van der Waals surface area contributed by atoms with Gasteiger partial charge in [-0.05, 0) is 55.0 Å². The average Bonchev–Trinajstić information content (AvgIpc) is 2.80. The van der Waals surface area contributed by atoms with Gasteiger partial charge in [0.2, 0.25) is 10.0 Å². The van der Waals surface area contributed by atoms with Gasteiger partial charge in [-0.25, -0.2) is 8.42 Å². The normalized spacial score (nSPS) is 11.4. The van der Waals surface area contributed by atoms with Gasteiger partial charge in [0.25, 0.3) is 5.91 Å². The molecule has 0 aliphatic heterocycles. The second kappa shape index (κ2) is 10.6. The standard InChI is InChI=1S/C24H25ClN2O4S/c1-3-31-23-14-11-19(24(28)26-16-18-9-12-21(25)13-10-18)15-20(23)17-27(2)32(29,30)22-7-5-4-6-8-22/h4-15H,3,16-17H2,1-2H3,(H,26,28). The van der Waals surface area contributed by atoms with Crippen LogP contribution in [0.15, 0.2) is 77.7 Å². The summed E-state index contributed by atoms with van der Waals surface area (Å²) in [4.78, 5) is 12.9. The first-order valence-electron chi connectivity index (χ1n) is 10.1. The number of rotatable bonds is 9. The quantitative estimate of drug-likeness (QED) is 0.498. The van der Waals surface area contributed by atoms with Crippen LogP contribution in [-0.4, -0.2) is 32.3 Å². The Morgan fingerprint density at radius 2 is 1.72 bits per heavy atom. The molecule has 3 aromatic rings. The summed E-state index contributed by atoms with van der Waals surface area (Å²) in [6.07, 6.45) is 0. The molecule has 8 heteroatoms. The summed E-state index contributed by atoms with van der Waals surface area (Å²) < 4.78 is 32.7. The van der Waals surface area contributed by atoms with Gasteiger partial charge in [0.05, 0.1) is 11.5 Å². The summed E-state index contributed by atoms with van der Waals surface area (Å²) in [5.74, 6) is 0.273. The third kappa shape index (κ3) is 5.88. The van der Waals surface area contributed by atoms with Gasteiger partial charge in [-0.1, -0.05) is 41.9 Å². The van der Waals surface area contributed by atoms with Crippen LogP contribution < -0.4 is 10.1 Å². The minimum absolute atomic E-state index is 0.0604. The van der Waals surface area contributed by atoms with Crippen LogP contribution in [0.2, 0.25) is 5.02 Å². The number of nitrogens with one attached hydrogen (secondary N) is 1. The molecule has 1 amide bonds. The van der Waals surface area contributed by atoms with E-state index in [9.17, 15) is 13.2 Å². The number of carbonyl (C=O) groups excluding carboxylic acids is 1. The second-order valence-corrected chi connectivity index (χ2v) is 9.62. The molecule has 0 aromatic heterocycles. The Balaban J connectivity index is 1.79. The molecule has 0 aliphatic rings. The number of halogens is 1. The topological polar surface area (TPSA) is 75.7 Å². The van der Waals surface area contributed by atoms with E-state index in [1.807, 2.05) is 19.1 Å². The SMILES string of the molecule is CCOc1ccc(C(=O)NCc2ccc(Cl)cc2)cc1CN(C)S(=O)(=O)c1ccccc1. The minimum Gasteiger partial charge on any atom is -0.494 e. The third-order valence-electron chi connectivity index (χ3n) is 4.83. The Morgan fingerprint density at radius 3 is 2.38 bits per heavy atom. The van der Waals surface area contributed by atoms with Gasteiger partial charge in [-0.2, -0.15) is 4.31 Å². The molecule has 3 aromatic carbocycles. The first kappa shape index (κ1) is 23.8. The maximum Gasteiger partial charge on any atom is 0.251 e. The molecular weight excluding hydrogens is 448 g/mol. The fourth-order valence-electron chi connectivity index (χ4n) is 3.12. The van der Waals surface area contributed by atoms with Crippen molar-refractivity contribution < 1.29 is 17.9 Å². The van der Waals surface area contributed by atoms with Gasteiger partial charge in [0, 0.05) is 36.3 Å². The van der Waals surface area contributed by atoms with Crippen LogP contribution in [0.5, 0.6) is 5.75 Å². The van der Waals surface area contributed by atoms with Crippen LogP contribution in [0.3, 0.4) is 0 Å². The number of ether oxygens (including phenoxy) is 1. The van der Waals surface area contributed by atoms with E-state index in [2.05, 4.69) is 5.32 Å². The monoisotopic (exact) mass is 472 g/mol. The smallest absolute Gasteiger partial charge is 0.251 e. The number of amides is 1. The molecule has 32 heavy (non-hydrogen) atoms. The molecule has 0 aliphatic carbocycles. The summed E-state index contributed by atoms with van der Waals surface area (Å²) in [6.45, 7) is 2.68. The molecule has 0 spiro atoms. The van der Waals surface area contributed by atoms with Crippen LogP contribution in [0, 0.1) is 0 Å². The van der Waals surface area contributed by atoms with Crippen molar-refractivity contribution in [2.24, 2.45) is 0 Å². The van der Waals surface area contributed by atoms with E-state index in [1.54, 1.807) is 60.7 Å². The van der Waals surface area contributed by atoms with Crippen molar-refractivity contribution in [1.82, 2.24) is 9.62 Å². The molecule has 0 radical (unpaired) electrons. The van der Waals surface area contributed by atoms with E-state index < -0.39 is 10.0 Å². The lowest BCUT2D eigenvalue weighted by atomic mass is 10.1. The van der Waals surface area contributed by atoms with E-state index >= 15 is 0 Å². The Hall–Kier alpha value is -2.87. The largest absolute Gasteiger partial charge is 0.494 e. The summed E-state index contributed by atoms with van der Waals surface area (Å²) in [7, 11) is -2.18. The highest BCUT2D eigenvalue weighted by Crippen LogP contribution is 2.25. The summed E-state index contributed by atoms with van der Waals surface area (Å²) in [5.41, 5.74) is 1.94. The Kier molecular flexibility index (Phi) is 7.90. The number of nitrogens with zero attached hydrogens (tertiary/aromatic N) is 1. The lowest BCUT2D eigenvalue weighted by molar-refractivity contribution is 0.0950. The molecule has 0 heterocycles. The van der Waals surface area contributed by atoms with E-state index in [1.165, 1.54) is 11.4 Å². The zero-order chi connectivity index (χ0) is 23.1. The van der Waals surface area contributed by atoms with Crippen LogP contribution in [0.4, 0.5) is 0 Å². The van der Waals surface area contributed by atoms with Crippen molar-refractivity contribution >= 4 is 27.5 Å². The number of hydrogen-bond acceptors (Lipinski definition) is 4. The molecule has 6 nitrogen and oxygen atoms in total. The molecule has 0 saturated carbocycles. The average molecular weight is 473 g/mol. The van der Waals surface area contributed by atoms with Crippen molar-refractivity contribution in [3.8, 4) is 5.75 Å². The van der Waals surface area contributed by atoms with Crippen molar-refractivity contribution in [2.75, 3.05) is 13.7 Å². The minimum atomic E-state index is -3.69. The van der Waals surface area contributed by atoms with Crippen molar-refractivity contribution in [3.63, 3.8) is 0 Å². The van der Waals surface area contributed by atoms with Gasteiger partial charge in [-0.15, -0.1) is 0 Å². The predicted octanol–water partition coefficient (Wildman–Crippen LogP) is 4.49. The van der Waals surface area contributed by atoms with E-state index in [-0.39, 0.29) is 17.3 Å². The first-order chi connectivity index (χ1) is 15.3. The highest BCUT2D eigenvalue weighted by Gasteiger charge is 2.22. The fourth-order valence-corrected chi connectivity index (χ4v) is 4.42. The summed E-state index contributed by atoms with van der Waals surface area (Å²) in [6, 6.07) is 20.5. The zero-order valence-electron chi connectivity index (χ0n) is 17.9. The van der Waals surface area contributed by atoms with Crippen LogP contribution >= 0.6 is 11.6 Å². The molecular formula is C24H25ClN2O4S. The highest BCUT2D eigenvalue weighted by atomic mass is 35.5. The molecule has 0 fully saturated rings. The lowest BCUT2D eigenvalue weighted by Gasteiger charge is -2.20. The van der Waals surface area contributed by atoms with E-state index in [0.29, 0.717) is 35.1 Å². The number of carbonyl (C=O) groups is 1. The maximum atomic E-state index is 12.9. The van der Waals surface area contributed by atoms with Crippen molar-refractivity contribution in [3.05, 3.63) is 94.5 Å². The van der Waals surface area contributed by atoms with Crippen LogP contribution in [-0.2, 0) is 23.1 Å². The van der Waals surface area contributed by atoms with Crippen LogP contribution in [0.25, 0.3) is 0 Å². The Labute approximate surface area is 193 Å². The van der Waals surface area contributed by atoms with Crippen LogP contribution in [0.1, 0.15) is 28.4 Å². The van der Waals surface area contributed by atoms with Gasteiger partial charge in [0.15, 0.2) is 0 Å². The molecule has 168 valence electrons. The summed E-state index contributed by atoms with van der Waals surface area (Å²) >= 11 is 5.89. The number of benzene rings is 3. The molecule has 0 bridgehead atoms. The summed E-state index contributed by atoms with van der Waals surface area (Å²) in [5, 5.41) is 3.50. The number of sulfonamides is 1. The van der Waals surface area contributed by atoms with E-state index in [4.69, 9.17) is 16.3 Å². The fraction of sp³-hybridized carbons (Fsp3) is 0.208. The second-order valence-electron chi connectivity index (χ2n) is 7.14. The first-order valence-corrected chi connectivity index (χ1v) is 11.9. The number of hydrogen-bond donors (Lipinski definition) is 1. The van der Waals surface area contributed by atoms with E-state index in [0.717, 1.165) is 5.56 Å². The zero-order valence-corrected chi connectivity index (χ0v) is 19.5. The predicted molar refractivity (Wildman–Crippen MR) is 125 cm³/mol. The molecule has 0 atom stereocenters. The van der Waals surface area contributed by atoms with Crippen molar-refractivity contribution in [1.29, 1.82) is 0 Å². The molecule has 0 unspecified atom stereocenters. The Morgan fingerprint density at radius 1 is 1.03 bits per heavy atom. The maximum absolute atomic E-state index is 12.9.